The molecule has 0 aliphatic heterocycles. The van der Waals surface area contributed by atoms with E-state index in [2.05, 4.69) is 14.7 Å². The number of hydrogen-bond donors (Lipinski definition) is 2. The molecule has 1 unspecified atom stereocenters. The van der Waals surface area contributed by atoms with E-state index in [9.17, 15) is 17.8 Å². The normalized spacial score (nSPS) is 12.3. The van der Waals surface area contributed by atoms with Crippen LogP contribution in [0.4, 0.5) is 14.5 Å². The van der Waals surface area contributed by atoms with Gasteiger partial charge in [-0.1, -0.05) is 18.5 Å². The van der Waals surface area contributed by atoms with Gasteiger partial charge in [-0.2, -0.15) is 0 Å². The molecule has 0 fully saturated rings. The lowest BCUT2D eigenvalue weighted by molar-refractivity contribution is 0.103. The summed E-state index contributed by atoms with van der Waals surface area (Å²) in [6, 6.07) is 3.58. The zero-order valence-electron chi connectivity index (χ0n) is 13.8. The summed E-state index contributed by atoms with van der Waals surface area (Å²) in [5.74, 6) is -2.66. The predicted octanol–water partition coefficient (Wildman–Crippen LogP) is 2.35. The van der Waals surface area contributed by atoms with Crippen LogP contribution in [-0.2, 0) is 11.0 Å². The molecule has 0 amide bonds. The maximum atomic E-state index is 14.7. The molecular weight excluding hydrogens is 359 g/mol. The van der Waals surface area contributed by atoms with Crippen LogP contribution < -0.4 is 10.2 Å². The lowest BCUT2D eigenvalue weighted by atomic mass is 9.95. The summed E-state index contributed by atoms with van der Waals surface area (Å²) >= 11 is 0. The van der Waals surface area contributed by atoms with Crippen LogP contribution in [0.5, 0.6) is 0 Å². The first kappa shape index (κ1) is 18.3. The second-order valence-electron chi connectivity index (χ2n) is 5.63. The van der Waals surface area contributed by atoms with Crippen LogP contribution in [0.1, 0.15) is 29.3 Å². The van der Waals surface area contributed by atoms with Crippen molar-refractivity contribution in [2.75, 3.05) is 10.5 Å². The summed E-state index contributed by atoms with van der Waals surface area (Å²) in [6.45, 7) is 1.83. The number of H-pyrrole nitrogens is 1. The van der Waals surface area contributed by atoms with Crippen molar-refractivity contribution in [2.45, 2.75) is 13.3 Å². The third-order valence-corrected chi connectivity index (χ3v) is 4.95. The maximum absolute atomic E-state index is 14.7. The first-order chi connectivity index (χ1) is 12.4. The Kier molecular flexibility index (Phi) is 5.17. The van der Waals surface area contributed by atoms with E-state index < -0.39 is 34.0 Å². The van der Waals surface area contributed by atoms with E-state index in [-0.39, 0.29) is 11.3 Å². The van der Waals surface area contributed by atoms with Crippen molar-refractivity contribution < 1.29 is 17.8 Å². The van der Waals surface area contributed by atoms with Crippen molar-refractivity contribution in [3.05, 3.63) is 53.4 Å². The van der Waals surface area contributed by atoms with E-state index in [1.807, 2.05) is 6.92 Å². The van der Waals surface area contributed by atoms with E-state index in [0.29, 0.717) is 28.7 Å². The Hall–Kier alpha value is -2.55. The van der Waals surface area contributed by atoms with Gasteiger partial charge in [0.1, 0.15) is 30.3 Å². The van der Waals surface area contributed by atoms with Gasteiger partial charge in [-0.3, -0.25) is 4.79 Å². The molecule has 0 saturated heterocycles. The zero-order chi connectivity index (χ0) is 18.8. The third kappa shape index (κ3) is 3.39. The van der Waals surface area contributed by atoms with Crippen molar-refractivity contribution in [3.8, 4) is 0 Å². The van der Waals surface area contributed by atoms with E-state index in [1.165, 1.54) is 18.5 Å². The molecule has 1 atom stereocenters. The molecule has 2 N–H and O–H groups in total. The highest BCUT2D eigenvalue weighted by atomic mass is 32.2. The fourth-order valence-corrected chi connectivity index (χ4v) is 3.42. The lowest BCUT2D eigenvalue weighted by Gasteiger charge is -2.10. The molecule has 26 heavy (non-hydrogen) atoms. The van der Waals surface area contributed by atoms with Crippen molar-refractivity contribution in [3.63, 3.8) is 0 Å². The van der Waals surface area contributed by atoms with Crippen molar-refractivity contribution >= 4 is 46.8 Å². The Morgan fingerprint density at radius 3 is 2.88 bits per heavy atom. The molecule has 9 heteroatoms. The Labute approximate surface area is 152 Å². The molecule has 0 saturated carbocycles. The van der Waals surface area contributed by atoms with Gasteiger partial charge < -0.3 is 9.71 Å². The molecule has 2 radical (unpaired) electrons. The van der Waals surface area contributed by atoms with E-state index in [1.54, 1.807) is 0 Å². The number of aromatic amines is 1. The number of pyridine rings is 1. The maximum Gasteiger partial charge on any atom is 0.201 e. The van der Waals surface area contributed by atoms with Crippen molar-refractivity contribution in [2.24, 2.45) is 0 Å². The smallest absolute Gasteiger partial charge is 0.201 e. The molecule has 5 nitrogen and oxygen atoms in total. The van der Waals surface area contributed by atoms with Crippen molar-refractivity contribution in [1.29, 1.82) is 0 Å². The SMILES string of the molecule is [B]c1cnc2[nH]cc(C(=O)c3c(F)ccc(NS(=O)CCC)c3F)c2c1. The number of benzene rings is 1. The average Bonchev–Trinajstić information content (AvgIpc) is 3.00. The van der Waals surface area contributed by atoms with Crippen LogP contribution in [0.3, 0.4) is 0 Å². The molecule has 0 bridgehead atoms. The van der Waals surface area contributed by atoms with Gasteiger partial charge in [-0.05, 0) is 18.6 Å². The van der Waals surface area contributed by atoms with E-state index >= 15 is 0 Å². The lowest BCUT2D eigenvalue weighted by Crippen LogP contribution is -2.13. The van der Waals surface area contributed by atoms with Gasteiger partial charge in [0.2, 0.25) is 5.78 Å². The van der Waals surface area contributed by atoms with Crippen LogP contribution >= 0.6 is 0 Å². The minimum absolute atomic E-state index is 0.0458. The molecule has 3 rings (SSSR count). The summed E-state index contributed by atoms with van der Waals surface area (Å²) in [5, 5.41) is 0.363. The Bertz CT molecular complexity index is 1020. The highest BCUT2D eigenvalue weighted by Gasteiger charge is 2.24. The van der Waals surface area contributed by atoms with Gasteiger partial charge in [0.05, 0.1) is 11.3 Å². The molecule has 0 spiro atoms. The van der Waals surface area contributed by atoms with Gasteiger partial charge >= 0.3 is 0 Å². The summed E-state index contributed by atoms with van der Waals surface area (Å²) < 4.78 is 43.2. The van der Waals surface area contributed by atoms with Crippen LogP contribution in [0, 0.1) is 11.6 Å². The van der Waals surface area contributed by atoms with Crippen LogP contribution in [0.2, 0.25) is 0 Å². The van der Waals surface area contributed by atoms with Gasteiger partial charge in [-0.15, -0.1) is 0 Å². The molecular formula is C17H14BF2N3O2S. The largest absolute Gasteiger partial charge is 0.345 e. The molecule has 1 aromatic carbocycles. The number of nitrogens with zero attached hydrogens (tertiary/aromatic N) is 1. The highest BCUT2D eigenvalue weighted by Crippen LogP contribution is 2.26. The standard InChI is InChI=1S/C17H14BF2N3O2S/c1-2-5-26(25)23-13-4-3-12(19)14(15(13)20)16(24)11-8-22-17-10(11)6-9(18)7-21-17/h3-4,6-8,23H,2,5H2,1H3,(H,21,22). The van der Waals surface area contributed by atoms with Gasteiger partial charge in [0, 0.05) is 29.1 Å². The number of carbonyl (C=O) groups is 1. The first-order valence-electron chi connectivity index (χ1n) is 7.82. The summed E-state index contributed by atoms with van der Waals surface area (Å²) in [4.78, 5) is 19.6. The molecule has 3 aromatic rings. The predicted molar refractivity (Wildman–Crippen MR) is 98.2 cm³/mol. The monoisotopic (exact) mass is 373 g/mol. The minimum atomic E-state index is -1.53. The number of hydrogen-bond acceptors (Lipinski definition) is 3. The topological polar surface area (TPSA) is 74.8 Å². The Morgan fingerprint density at radius 1 is 1.38 bits per heavy atom. The van der Waals surface area contributed by atoms with Gasteiger partial charge in [-0.25, -0.2) is 18.0 Å². The third-order valence-electron chi connectivity index (χ3n) is 3.73. The summed E-state index contributed by atoms with van der Waals surface area (Å²) in [5.41, 5.74) is -0.186. The summed E-state index contributed by atoms with van der Waals surface area (Å²) in [6.07, 6.45) is 3.35. The van der Waals surface area contributed by atoms with E-state index in [4.69, 9.17) is 7.85 Å². The fourth-order valence-electron chi connectivity index (χ4n) is 2.54. The number of aromatic nitrogens is 2. The molecule has 132 valence electrons. The molecule has 2 aromatic heterocycles. The van der Waals surface area contributed by atoms with Crippen molar-refractivity contribution in [1.82, 2.24) is 9.97 Å². The second kappa shape index (κ2) is 7.37. The number of rotatable bonds is 6. The second-order valence-corrected chi connectivity index (χ2v) is 6.94. The minimum Gasteiger partial charge on any atom is -0.345 e. The highest BCUT2D eigenvalue weighted by molar-refractivity contribution is 7.86. The zero-order valence-corrected chi connectivity index (χ0v) is 14.6. The summed E-state index contributed by atoms with van der Waals surface area (Å²) in [7, 11) is 4.15. The Morgan fingerprint density at radius 2 is 2.15 bits per heavy atom. The quantitative estimate of drug-likeness (QED) is 0.515. The van der Waals surface area contributed by atoms with Crippen LogP contribution in [0.25, 0.3) is 11.0 Å². The van der Waals surface area contributed by atoms with Crippen LogP contribution in [0.15, 0.2) is 30.6 Å². The number of fused-ring (bicyclic) bond motifs is 1. The molecule has 2 heterocycles. The van der Waals surface area contributed by atoms with Crippen LogP contribution in [-0.4, -0.2) is 33.6 Å². The Balaban J connectivity index is 2.06. The number of halogens is 2. The van der Waals surface area contributed by atoms with Gasteiger partial charge in [0.15, 0.2) is 5.82 Å². The van der Waals surface area contributed by atoms with E-state index in [0.717, 1.165) is 12.1 Å². The number of ketones is 1. The average molecular weight is 373 g/mol. The molecule has 0 aliphatic carbocycles. The number of anilines is 1. The first-order valence-corrected chi connectivity index (χ1v) is 9.14. The van der Waals surface area contributed by atoms with Gasteiger partial charge in [0.25, 0.3) is 0 Å². The number of carbonyl (C=O) groups excluding carboxylic acids is 1. The number of nitrogens with one attached hydrogen (secondary N) is 2. The fraction of sp³-hybridized carbons (Fsp3) is 0.176. The molecule has 0 aliphatic rings.